The third-order valence-corrected chi connectivity index (χ3v) is 6.37. The van der Waals surface area contributed by atoms with Crippen molar-refractivity contribution >= 4 is 5.91 Å². The molecule has 0 saturated heterocycles. The molecule has 160 valence electrons. The van der Waals surface area contributed by atoms with Crippen LogP contribution < -0.4 is 4.74 Å². The maximum Gasteiger partial charge on any atom is 0.228 e. The average Bonchev–Trinajstić information content (AvgIpc) is 2.74. The molecule has 4 rings (SSSR count). The van der Waals surface area contributed by atoms with Gasteiger partial charge in [-0.3, -0.25) is 4.79 Å². The third kappa shape index (κ3) is 4.04. The lowest BCUT2D eigenvalue weighted by Crippen LogP contribution is -2.48. The molecule has 5 nitrogen and oxygen atoms in total. The molecule has 2 N–H and O–H groups in total. The lowest BCUT2D eigenvalue weighted by molar-refractivity contribution is -0.137. The van der Waals surface area contributed by atoms with Crippen LogP contribution in [0.4, 0.5) is 0 Å². The van der Waals surface area contributed by atoms with Crippen molar-refractivity contribution in [1.29, 1.82) is 0 Å². The minimum Gasteiger partial charge on any atom is -0.504 e. The summed E-state index contributed by atoms with van der Waals surface area (Å²) in [6.07, 6.45) is 3.92. The fourth-order valence-electron chi connectivity index (χ4n) is 4.93. The predicted octanol–water partition coefficient (Wildman–Crippen LogP) is 4.20. The number of phenols is 1. The van der Waals surface area contributed by atoms with Crippen LogP contribution in [0.5, 0.6) is 11.5 Å². The third-order valence-electron chi connectivity index (χ3n) is 6.37. The standard InChI is InChI=1S/C25H31NO4/c1-16(2)30-23-14-21-19(12-22(23)28)13-24(29)26(20-10-8-17(15-27)9-11-20)25(21)18-6-4-3-5-7-18/h3-7,12,14,16-17,20,25,27-28H,8-11,13,15H2,1-2H3. The summed E-state index contributed by atoms with van der Waals surface area (Å²) in [7, 11) is 0. The molecule has 0 aromatic heterocycles. The van der Waals surface area contributed by atoms with E-state index in [1.165, 1.54) is 0 Å². The Balaban J connectivity index is 1.77. The normalized spacial score (nSPS) is 24.1. The first-order valence-electron chi connectivity index (χ1n) is 11.0. The van der Waals surface area contributed by atoms with Gasteiger partial charge in [0.1, 0.15) is 0 Å². The number of aromatic hydroxyl groups is 1. The van der Waals surface area contributed by atoms with Gasteiger partial charge in [0, 0.05) is 12.6 Å². The van der Waals surface area contributed by atoms with Crippen LogP contribution in [0, 0.1) is 5.92 Å². The number of amides is 1. The van der Waals surface area contributed by atoms with Crippen molar-refractivity contribution in [2.45, 2.75) is 64.1 Å². The number of rotatable bonds is 5. The van der Waals surface area contributed by atoms with Gasteiger partial charge in [-0.05, 0) is 74.3 Å². The Morgan fingerprint density at radius 1 is 1.10 bits per heavy atom. The zero-order chi connectivity index (χ0) is 21.3. The fourth-order valence-corrected chi connectivity index (χ4v) is 4.93. The van der Waals surface area contributed by atoms with E-state index in [0.717, 1.165) is 42.4 Å². The molecular weight excluding hydrogens is 378 g/mol. The molecule has 1 unspecified atom stereocenters. The molecule has 1 heterocycles. The van der Waals surface area contributed by atoms with Gasteiger partial charge >= 0.3 is 0 Å². The molecule has 1 amide bonds. The van der Waals surface area contributed by atoms with E-state index in [1.54, 1.807) is 6.07 Å². The molecule has 2 aromatic rings. The minimum atomic E-state index is -0.201. The lowest BCUT2D eigenvalue weighted by atomic mass is 9.81. The maximum atomic E-state index is 13.3. The number of nitrogens with zero attached hydrogens (tertiary/aromatic N) is 1. The number of benzene rings is 2. The second kappa shape index (κ2) is 8.68. The first kappa shape index (κ1) is 20.7. The van der Waals surface area contributed by atoms with Crippen molar-refractivity contribution in [3.8, 4) is 11.5 Å². The molecule has 2 aromatic carbocycles. The van der Waals surface area contributed by atoms with Crippen molar-refractivity contribution in [3.63, 3.8) is 0 Å². The van der Waals surface area contributed by atoms with Crippen LogP contribution in [0.25, 0.3) is 0 Å². The highest BCUT2D eigenvalue weighted by atomic mass is 16.5. The Bertz CT molecular complexity index is 888. The summed E-state index contributed by atoms with van der Waals surface area (Å²) < 4.78 is 5.85. The van der Waals surface area contributed by atoms with Crippen molar-refractivity contribution in [3.05, 3.63) is 59.2 Å². The van der Waals surface area contributed by atoms with Gasteiger partial charge in [0.25, 0.3) is 0 Å². The predicted molar refractivity (Wildman–Crippen MR) is 116 cm³/mol. The van der Waals surface area contributed by atoms with E-state index >= 15 is 0 Å². The number of hydrogen-bond donors (Lipinski definition) is 2. The average molecular weight is 410 g/mol. The summed E-state index contributed by atoms with van der Waals surface area (Å²) in [5.41, 5.74) is 2.96. The summed E-state index contributed by atoms with van der Waals surface area (Å²) in [5, 5.41) is 20.0. The van der Waals surface area contributed by atoms with Crippen molar-refractivity contribution in [1.82, 2.24) is 4.90 Å². The minimum absolute atomic E-state index is 0.0563. The van der Waals surface area contributed by atoms with Gasteiger partial charge in [0.15, 0.2) is 11.5 Å². The van der Waals surface area contributed by atoms with Gasteiger partial charge < -0.3 is 19.8 Å². The molecule has 0 radical (unpaired) electrons. The molecule has 1 atom stereocenters. The summed E-state index contributed by atoms with van der Waals surface area (Å²) in [6.45, 7) is 4.09. The van der Waals surface area contributed by atoms with E-state index in [4.69, 9.17) is 4.74 Å². The zero-order valence-corrected chi connectivity index (χ0v) is 17.8. The van der Waals surface area contributed by atoms with Gasteiger partial charge in [-0.25, -0.2) is 0 Å². The second-order valence-electron chi connectivity index (χ2n) is 8.83. The van der Waals surface area contributed by atoms with Crippen LogP contribution in [0.1, 0.15) is 62.3 Å². The van der Waals surface area contributed by atoms with Crippen molar-refractivity contribution < 1.29 is 19.7 Å². The number of phenolic OH excluding ortho intramolecular Hbond substituents is 1. The van der Waals surface area contributed by atoms with Crippen LogP contribution in [-0.4, -0.2) is 39.8 Å². The molecule has 0 bridgehead atoms. The molecule has 2 aliphatic rings. The SMILES string of the molecule is CC(C)Oc1cc2c(cc1O)CC(=O)N(C1CCC(CO)CC1)C2c1ccccc1. The summed E-state index contributed by atoms with van der Waals surface area (Å²) >= 11 is 0. The summed E-state index contributed by atoms with van der Waals surface area (Å²) in [5.74, 6) is 0.981. The molecule has 5 heteroatoms. The first-order chi connectivity index (χ1) is 14.5. The van der Waals surface area contributed by atoms with E-state index in [1.807, 2.05) is 38.1 Å². The Labute approximate surface area is 178 Å². The topological polar surface area (TPSA) is 70.0 Å². The lowest BCUT2D eigenvalue weighted by Gasteiger charge is -2.45. The van der Waals surface area contributed by atoms with Crippen LogP contribution in [0.2, 0.25) is 0 Å². The van der Waals surface area contributed by atoms with Crippen LogP contribution in [0.15, 0.2) is 42.5 Å². The van der Waals surface area contributed by atoms with Gasteiger partial charge in [-0.2, -0.15) is 0 Å². The van der Waals surface area contributed by atoms with Crippen LogP contribution in [0.3, 0.4) is 0 Å². The fraction of sp³-hybridized carbons (Fsp3) is 0.480. The van der Waals surface area contributed by atoms with E-state index in [-0.39, 0.29) is 42.9 Å². The quantitative estimate of drug-likeness (QED) is 0.776. The number of carbonyl (C=O) groups is 1. The largest absolute Gasteiger partial charge is 0.504 e. The van der Waals surface area contributed by atoms with E-state index in [9.17, 15) is 15.0 Å². The number of aliphatic hydroxyl groups is 1. The van der Waals surface area contributed by atoms with Crippen molar-refractivity contribution in [2.75, 3.05) is 6.61 Å². The second-order valence-corrected chi connectivity index (χ2v) is 8.83. The maximum absolute atomic E-state index is 13.3. The Hall–Kier alpha value is -2.53. The zero-order valence-electron chi connectivity index (χ0n) is 17.8. The monoisotopic (exact) mass is 409 g/mol. The van der Waals surface area contributed by atoms with Gasteiger partial charge in [0.2, 0.25) is 5.91 Å². The first-order valence-corrected chi connectivity index (χ1v) is 11.0. The Kier molecular flexibility index (Phi) is 6.00. The number of ether oxygens (including phenoxy) is 1. The molecule has 30 heavy (non-hydrogen) atoms. The number of aliphatic hydroxyl groups excluding tert-OH is 1. The summed E-state index contributed by atoms with van der Waals surface area (Å²) in [6, 6.07) is 13.7. The molecule has 1 fully saturated rings. The molecule has 0 spiro atoms. The van der Waals surface area contributed by atoms with Crippen molar-refractivity contribution in [2.24, 2.45) is 5.92 Å². The number of hydrogen-bond acceptors (Lipinski definition) is 4. The molecular formula is C25H31NO4. The number of fused-ring (bicyclic) bond motifs is 1. The van der Waals surface area contributed by atoms with Crippen LogP contribution in [-0.2, 0) is 11.2 Å². The summed E-state index contributed by atoms with van der Waals surface area (Å²) in [4.78, 5) is 15.4. The van der Waals surface area contributed by atoms with Crippen LogP contribution >= 0.6 is 0 Å². The van der Waals surface area contributed by atoms with E-state index < -0.39 is 0 Å². The van der Waals surface area contributed by atoms with E-state index in [0.29, 0.717) is 11.7 Å². The smallest absolute Gasteiger partial charge is 0.228 e. The van der Waals surface area contributed by atoms with Gasteiger partial charge in [0.05, 0.1) is 18.6 Å². The van der Waals surface area contributed by atoms with Gasteiger partial charge in [-0.1, -0.05) is 30.3 Å². The number of carbonyl (C=O) groups excluding carboxylic acids is 1. The highest BCUT2D eigenvalue weighted by Crippen LogP contribution is 2.44. The Morgan fingerprint density at radius 2 is 1.80 bits per heavy atom. The highest BCUT2D eigenvalue weighted by Gasteiger charge is 2.39. The Morgan fingerprint density at radius 3 is 2.43 bits per heavy atom. The highest BCUT2D eigenvalue weighted by molar-refractivity contribution is 5.83. The van der Waals surface area contributed by atoms with E-state index in [2.05, 4.69) is 17.0 Å². The molecule has 1 saturated carbocycles. The molecule has 1 aliphatic heterocycles. The molecule has 1 aliphatic carbocycles. The van der Waals surface area contributed by atoms with Gasteiger partial charge in [-0.15, -0.1) is 0 Å².